The van der Waals surface area contributed by atoms with Gasteiger partial charge in [-0.1, -0.05) is 49.2 Å². The first-order valence-corrected chi connectivity index (χ1v) is 11.5. The van der Waals surface area contributed by atoms with Crippen LogP contribution in [0.4, 0.5) is 0 Å². The molecule has 1 N–H and O–H groups in total. The molecule has 0 radical (unpaired) electrons. The van der Waals surface area contributed by atoms with Gasteiger partial charge < -0.3 is 15.0 Å². The summed E-state index contributed by atoms with van der Waals surface area (Å²) in [6.45, 7) is 0. The maximum Gasteiger partial charge on any atom is 0.258 e. The lowest BCUT2D eigenvalue weighted by Crippen LogP contribution is -2.50. The Morgan fingerprint density at radius 3 is 2.65 bits per heavy atom. The molecule has 0 bridgehead atoms. The van der Waals surface area contributed by atoms with Crippen molar-refractivity contribution in [2.75, 3.05) is 7.11 Å². The first-order chi connectivity index (χ1) is 15.2. The van der Waals surface area contributed by atoms with E-state index in [1.807, 2.05) is 29.2 Å². The summed E-state index contributed by atoms with van der Waals surface area (Å²) < 4.78 is 5.46. The number of aryl methyl sites for hydroxylation is 1. The second kappa shape index (κ2) is 8.37. The Bertz CT molecular complexity index is 988. The molecule has 3 aliphatic rings. The molecule has 2 aromatic rings. The smallest absolute Gasteiger partial charge is 0.258 e. The zero-order valence-electron chi connectivity index (χ0n) is 18.0. The van der Waals surface area contributed by atoms with Crippen molar-refractivity contribution in [1.82, 2.24) is 10.2 Å². The number of hydrogen-bond donors (Lipinski definition) is 1. The predicted molar refractivity (Wildman–Crippen MR) is 119 cm³/mol. The maximum atomic E-state index is 13.7. The van der Waals surface area contributed by atoms with Gasteiger partial charge in [0.15, 0.2) is 0 Å². The molecule has 2 aromatic carbocycles. The normalized spacial score (nSPS) is 26.8. The molecule has 31 heavy (non-hydrogen) atoms. The van der Waals surface area contributed by atoms with Gasteiger partial charge in [0, 0.05) is 6.04 Å². The van der Waals surface area contributed by atoms with Crippen LogP contribution < -0.4 is 10.1 Å². The molecule has 1 saturated carbocycles. The fourth-order valence-corrected chi connectivity index (χ4v) is 5.92. The molecule has 2 amide bonds. The van der Waals surface area contributed by atoms with Crippen molar-refractivity contribution in [3.05, 3.63) is 65.2 Å². The molecule has 2 aliphatic carbocycles. The number of carbonyl (C=O) groups is 2. The van der Waals surface area contributed by atoms with Crippen molar-refractivity contribution in [1.29, 1.82) is 0 Å². The maximum absolute atomic E-state index is 13.7. The topological polar surface area (TPSA) is 58.6 Å². The van der Waals surface area contributed by atoms with Gasteiger partial charge in [-0.2, -0.15) is 0 Å². The highest BCUT2D eigenvalue weighted by Crippen LogP contribution is 2.42. The highest BCUT2D eigenvalue weighted by atomic mass is 16.5. The van der Waals surface area contributed by atoms with Crippen LogP contribution in [-0.4, -0.2) is 35.9 Å². The molecule has 4 atom stereocenters. The lowest BCUT2D eigenvalue weighted by atomic mass is 9.84. The van der Waals surface area contributed by atoms with E-state index in [1.165, 1.54) is 17.5 Å². The quantitative estimate of drug-likeness (QED) is 0.807. The number of ether oxygens (including phenoxy) is 1. The molecule has 4 unspecified atom stereocenters. The number of fused-ring (bicyclic) bond motifs is 2. The molecule has 1 aliphatic heterocycles. The number of methoxy groups -OCH3 is 1. The standard InChI is InChI=1S/C26H30N2O3/c1-31-24-13-7-5-11-20(24)26(30)28-22-12-6-3-9-18(22)16-23(28)25(29)27-21-15-14-17-8-2-4-10-19(17)21/h2,4-5,7-8,10-11,13,18,21-23H,3,6,9,12,14-16H2,1H3,(H,27,29). The van der Waals surface area contributed by atoms with Crippen LogP contribution in [0.3, 0.4) is 0 Å². The van der Waals surface area contributed by atoms with E-state index in [4.69, 9.17) is 4.74 Å². The molecule has 2 fully saturated rings. The van der Waals surface area contributed by atoms with E-state index in [9.17, 15) is 9.59 Å². The van der Waals surface area contributed by atoms with Gasteiger partial charge in [-0.05, 0) is 61.3 Å². The third kappa shape index (κ3) is 3.60. The first kappa shape index (κ1) is 20.1. The average Bonchev–Trinajstić information content (AvgIpc) is 3.40. The van der Waals surface area contributed by atoms with Crippen molar-refractivity contribution in [3.8, 4) is 5.75 Å². The summed E-state index contributed by atoms with van der Waals surface area (Å²) in [6.07, 6.45) is 7.03. The minimum absolute atomic E-state index is 0.0145. The molecule has 0 spiro atoms. The van der Waals surface area contributed by atoms with Gasteiger partial charge >= 0.3 is 0 Å². The molecule has 5 rings (SSSR count). The van der Waals surface area contributed by atoms with Crippen LogP contribution in [0, 0.1) is 5.92 Å². The Kier molecular flexibility index (Phi) is 5.43. The molecule has 5 heteroatoms. The van der Waals surface area contributed by atoms with Crippen LogP contribution in [0.15, 0.2) is 48.5 Å². The second-order valence-electron chi connectivity index (χ2n) is 9.07. The minimum atomic E-state index is -0.418. The number of carbonyl (C=O) groups excluding carboxylic acids is 2. The van der Waals surface area contributed by atoms with Gasteiger partial charge in [0.1, 0.15) is 11.8 Å². The summed E-state index contributed by atoms with van der Waals surface area (Å²) in [5, 5.41) is 3.29. The van der Waals surface area contributed by atoms with Crippen LogP contribution in [0.25, 0.3) is 0 Å². The van der Waals surface area contributed by atoms with Crippen LogP contribution >= 0.6 is 0 Å². The molecule has 1 heterocycles. The summed E-state index contributed by atoms with van der Waals surface area (Å²) in [6, 6.07) is 15.4. The summed E-state index contributed by atoms with van der Waals surface area (Å²) >= 11 is 0. The molecule has 5 nitrogen and oxygen atoms in total. The first-order valence-electron chi connectivity index (χ1n) is 11.5. The van der Waals surface area contributed by atoms with Crippen molar-refractivity contribution < 1.29 is 14.3 Å². The Hall–Kier alpha value is -2.82. The van der Waals surface area contributed by atoms with Crippen molar-refractivity contribution in [2.45, 2.75) is 63.1 Å². The Balaban J connectivity index is 1.42. The number of likely N-dealkylation sites (tertiary alicyclic amines) is 1. The summed E-state index contributed by atoms with van der Waals surface area (Å²) in [5.74, 6) is 0.868. The van der Waals surface area contributed by atoms with E-state index in [-0.39, 0.29) is 23.9 Å². The predicted octanol–water partition coefficient (Wildman–Crippen LogP) is 4.27. The number of hydrogen-bond acceptors (Lipinski definition) is 3. The van der Waals surface area contributed by atoms with Crippen LogP contribution in [0.1, 0.15) is 66.1 Å². The SMILES string of the molecule is COc1ccccc1C(=O)N1C(C(=O)NC2CCc3ccccc32)CC2CCCCC21. The lowest BCUT2D eigenvalue weighted by molar-refractivity contribution is -0.126. The molecule has 1 saturated heterocycles. The zero-order chi connectivity index (χ0) is 21.4. The van der Waals surface area contributed by atoms with Crippen molar-refractivity contribution in [3.63, 3.8) is 0 Å². The van der Waals surface area contributed by atoms with Crippen molar-refractivity contribution in [2.24, 2.45) is 5.92 Å². The van der Waals surface area contributed by atoms with Gasteiger partial charge in [0.05, 0.1) is 18.7 Å². The fourth-order valence-electron chi connectivity index (χ4n) is 5.92. The summed E-state index contributed by atoms with van der Waals surface area (Å²) in [4.78, 5) is 29.1. The average molecular weight is 419 g/mol. The van der Waals surface area contributed by atoms with E-state index in [0.29, 0.717) is 17.2 Å². The number of rotatable bonds is 4. The zero-order valence-corrected chi connectivity index (χ0v) is 18.0. The van der Waals surface area contributed by atoms with E-state index >= 15 is 0 Å². The Morgan fingerprint density at radius 2 is 1.77 bits per heavy atom. The van der Waals surface area contributed by atoms with Gasteiger partial charge in [0.2, 0.25) is 5.91 Å². The van der Waals surface area contributed by atoms with Gasteiger partial charge in [-0.3, -0.25) is 9.59 Å². The van der Waals surface area contributed by atoms with E-state index in [2.05, 4.69) is 23.5 Å². The summed E-state index contributed by atoms with van der Waals surface area (Å²) in [5.41, 5.74) is 3.07. The second-order valence-corrected chi connectivity index (χ2v) is 9.07. The van der Waals surface area contributed by atoms with E-state index in [0.717, 1.165) is 38.5 Å². The van der Waals surface area contributed by atoms with E-state index in [1.54, 1.807) is 13.2 Å². The van der Waals surface area contributed by atoms with Crippen LogP contribution in [0.5, 0.6) is 5.75 Å². The summed E-state index contributed by atoms with van der Waals surface area (Å²) in [7, 11) is 1.58. The Labute approximate surface area is 183 Å². The largest absolute Gasteiger partial charge is 0.496 e. The van der Waals surface area contributed by atoms with Crippen LogP contribution in [0.2, 0.25) is 0 Å². The number of para-hydroxylation sites is 1. The highest BCUT2D eigenvalue weighted by Gasteiger charge is 2.48. The fraction of sp³-hybridized carbons (Fsp3) is 0.462. The molecular formula is C26H30N2O3. The number of benzene rings is 2. The Morgan fingerprint density at radius 1 is 1.00 bits per heavy atom. The van der Waals surface area contributed by atoms with E-state index < -0.39 is 6.04 Å². The highest BCUT2D eigenvalue weighted by molar-refractivity contribution is 6.00. The number of nitrogens with zero attached hydrogens (tertiary/aromatic N) is 1. The van der Waals surface area contributed by atoms with Gasteiger partial charge in [0.25, 0.3) is 5.91 Å². The van der Waals surface area contributed by atoms with Crippen molar-refractivity contribution >= 4 is 11.8 Å². The van der Waals surface area contributed by atoms with Gasteiger partial charge in [-0.25, -0.2) is 0 Å². The van der Waals surface area contributed by atoms with Crippen LogP contribution in [-0.2, 0) is 11.2 Å². The third-order valence-corrected chi connectivity index (χ3v) is 7.41. The lowest BCUT2D eigenvalue weighted by Gasteiger charge is -2.34. The molecule has 162 valence electrons. The van der Waals surface area contributed by atoms with Gasteiger partial charge in [-0.15, -0.1) is 0 Å². The number of amides is 2. The molecule has 0 aromatic heterocycles. The minimum Gasteiger partial charge on any atom is -0.496 e. The third-order valence-electron chi connectivity index (χ3n) is 7.41. The number of nitrogens with one attached hydrogen (secondary N) is 1. The molecular weight excluding hydrogens is 388 g/mol. The monoisotopic (exact) mass is 418 g/mol.